The Labute approximate surface area is 206 Å². The predicted octanol–water partition coefficient (Wildman–Crippen LogP) is 4.55. The van der Waals surface area contributed by atoms with Gasteiger partial charge in [-0.1, -0.05) is 0 Å². The summed E-state index contributed by atoms with van der Waals surface area (Å²) in [6.45, 7) is 4.24. The van der Waals surface area contributed by atoms with Crippen LogP contribution in [0.1, 0.15) is 55.4 Å². The Morgan fingerprint density at radius 3 is 2.42 bits per heavy atom. The van der Waals surface area contributed by atoms with Crippen molar-refractivity contribution in [2.45, 2.75) is 50.7 Å². The number of hydrogen-bond acceptors (Lipinski definition) is 5. The minimum absolute atomic E-state index is 0.00140. The molecule has 2 saturated heterocycles. The molecule has 3 fully saturated rings. The number of nitrogens with zero attached hydrogens (tertiary/aromatic N) is 5. The Hall–Kier alpha value is -3.56. The third-order valence-corrected chi connectivity index (χ3v) is 7.54. The Bertz CT molecular complexity index is 1360. The molecule has 8 nitrogen and oxygen atoms in total. The van der Waals surface area contributed by atoms with Crippen LogP contribution in [0.25, 0.3) is 22.2 Å². The maximum absolute atomic E-state index is 14.9. The molecule has 4 heterocycles. The first kappa shape index (κ1) is 22.9. The molecule has 2 amide bonds. The van der Waals surface area contributed by atoms with Crippen molar-refractivity contribution in [2.75, 3.05) is 26.2 Å². The van der Waals surface area contributed by atoms with Gasteiger partial charge in [0.15, 0.2) is 0 Å². The topological polar surface area (TPSA) is 80.6 Å². The summed E-state index contributed by atoms with van der Waals surface area (Å²) in [5.41, 5.74) is 0.510. The summed E-state index contributed by atoms with van der Waals surface area (Å²) in [6.07, 6.45) is 7.22. The van der Waals surface area contributed by atoms with Crippen LogP contribution in [0.5, 0.6) is 0 Å². The Balaban J connectivity index is 1.19. The monoisotopic (exact) mass is 495 g/mol. The van der Waals surface area contributed by atoms with E-state index in [-0.39, 0.29) is 34.6 Å². The molecule has 3 aromatic rings. The fourth-order valence-electron chi connectivity index (χ4n) is 4.83. The third-order valence-electron chi connectivity index (χ3n) is 7.54. The SMILES string of the molecule is CC1(OC(=O)N2CCC(n3ncc4cc(-c5cc(F)c(C(=O)N6CCC6)cc5F)ncc43)CC2)CC1. The number of benzene rings is 1. The van der Waals surface area contributed by atoms with Gasteiger partial charge >= 0.3 is 6.09 Å². The van der Waals surface area contributed by atoms with Crippen molar-refractivity contribution in [1.29, 1.82) is 0 Å². The summed E-state index contributed by atoms with van der Waals surface area (Å²) in [7, 11) is 0. The van der Waals surface area contributed by atoms with E-state index >= 15 is 0 Å². The number of halogens is 2. The molecule has 6 rings (SSSR count). The van der Waals surface area contributed by atoms with E-state index in [1.807, 2.05) is 11.6 Å². The summed E-state index contributed by atoms with van der Waals surface area (Å²) in [5.74, 6) is -1.95. The lowest BCUT2D eigenvalue weighted by atomic mass is 10.0. The standard InChI is InChI=1S/C26H27F2N5O3/c1-26(5-6-26)36-25(35)32-9-3-17(4-10-32)33-23-15-29-22(11-16(23)14-30-33)18-12-21(28)19(13-20(18)27)24(34)31-7-2-8-31/h11-15,17H,2-10H2,1H3. The first-order valence-electron chi connectivity index (χ1n) is 12.4. The van der Waals surface area contributed by atoms with Crippen LogP contribution in [0.3, 0.4) is 0 Å². The van der Waals surface area contributed by atoms with Crippen molar-refractivity contribution in [3.63, 3.8) is 0 Å². The lowest BCUT2D eigenvalue weighted by Gasteiger charge is -2.32. The number of pyridine rings is 1. The molecule has 0 atom stereocenters. The minimum Gasteiger partial charge on any atom is -0.443 e. The van der Waals surface area contributed by atoms with Gasteiger partial charge in [0, 0.05) is 37.1 Å². The van der Waals surface area contributed by atoms with E-state index in [2.05, 4.69) is 10.1 Å². The van der Waals surface area contributed by atoms with E-state index in [4.69, 9.17) is 4.74 Å². The van der Waals surface area contributed by atoms with E-state index in [9.17, 15) is 18.4 Å². The molecule has 1 saturated carbocycles. The fraction of sp³-hybridized carbons (Fsp3) is 0.462. The molecule has 2 aliphatic heterocycles. The summed E-state index contributed by atoms with van der Waals surface area (Å²) in [6, 6.07) is 3.77. The smallest absolute Gasteiger partial charge is 0.410 e. The molecule has 36 heavy (non-hydrogen) atoms. The number of carbonyl (C=O) groups excluding carboxylic acids is 2. The fourth-order valence-corrected chi connectivity index (χ4v) is 4.83. The van der Waals surface area contributed by atoms with Crippen molar-refractivity contribution in [3.8, 4) is 11.3 Å². The third kappa shape index (κ3) is 4.08. The molecule has 1 aliphatic carbocycles. The highest BCUT2D eigenvalue weighted by Gasteiger charge is 2.43. The zero-order chi connectivity index (χ0) is 25.0. The molecule has 0 spiro atoms. The van der Waals surface area contributed by atoms with Gasteiger partial charge in [-0.3, -0.25) is 14.5 Å². The highest BCUT2D eigenvalue weighted by atomic mass is 19.1. The maximum atomic E-state index is 14.9. The summed E-state index contributed by atoms with van der Waals surface area (Å²) in [5, 5.41) is 5.28. The largest absolute Gasteiger partial charge is 0.443 e. The number of rotatable bonds is 4. The van der Waals surface area contributed by atoms with Crippen LogP contribution in [-0.4, -0.2) is 68.3 Å². The van der Waals surface area contributed by atoms with Gasteiger partial charge in [0.25, 0.3) is 5.91 Å². The number of aromatic nitrogens is 3. The van der Waals surface area contributed by atoms with Crippen molar-refractivity contribution >= 4 is 22.9 Å². The van der Waals surface area contributed by atoms with Gasteiger partial charge in [-0.05, 0) is 57.2 Å². The van der Waals surface area contributed by atoms with Crippen LogP contribution < -0.4 is 0 Å². The van der Waals surface area contributed by atoms with Gasteiger partial charge in [-0.25, -0.2) is 13.6 Å². The first-order valence-corrected chi connectivity index (χ1v) is 12.4. The van der Waals surface area contributed by atoms with Crippen LogP contribution >= 0.6 is 0 Å². The van der Waals surface area contributed by atoms with Crippen LogP contribution in [-0.2, 0) is 4.74 Å². The zero-order valence-electron chi connectivity index (χ0n) is 20.0. The summed E-state index contributed by atoms with van der Waals surface area (Å²) < 4.78 is 37.1. The highest BCUT2D eigenvalue weighted by molar-refractivity contribution is 5.95. The maximum Gasteiger partial charge on any atom is 0.410 e. The number of hydrogen-bond donors (Lipinski definition) is 0. The molecule has 0 bridgehead atoms. The average molecular weight is 496 g/mol. The Kier molecular flexibility index (Phi) is 5.42. The van der Waals surface area contributed by atoms with Crippen LogP contribution in [0.4, 0.5) is 13.6 Å². The molecule has 0 unspecified atom stereocenters. The highest BCUT2D eigenvalue weighted by Crippen LogP contribution is 2.39. The summed E-state index contributed by atoms with van der Waals surface area (Å²) in [4.78, 5) is 32.4. The van der Waals surface area contributed by atoms with Crippen molar-refractivity contribution in [3.05, 3.63) is 47.8 Å². The molecule has 0 N–H and O–H groups in total. The molecule has 188 valence electrons. The second-order valence-corrected chi connectivity index (χ2v) is 10.2. The second-order valence-electron chi connectivity index (χ2n) is 10.2. The minimum atomic E-state index is -0.762. The number of carbonyl (C=O) groups is 2. The molecule has 0 radical (unpaired) electrons. The van der Waals surface area contributed by atoms with E-state index in [0.29, 0.717) is 26.2 Å². The Morgan fingerprint density at radius 2 is 1.75 bits per heavy atom. The zero-order valence-corrected chi connectivity index (χ0v) is 20.0. The molecule has 3 aliphatic rings. The second kappa shape index (κ2) is 8.53. The van der Waals surface area contributed by atoms with Crippen molar-refractivity contribution in [1.82, 2.24) is 24.6 Å². The normalized spacial score (nSPS) is 19.3. The van der Waals surface area contributed by atoms with Gasteiger partial charge in [0.1, 0.15) is 17.2 Å². The van der Waals surface area contributed by atoms with Gasteiger partial charge in [0.05, 0.1) is 35.2 Å². The summed E-state index contributed by atoms with van der Waals surface area (Å²) >= 11 is 0. The molecular formula is C26H27F2N5O3. The predicted molar refractivity (Wildman–Crippen MR) is 127 cm³/mol. The number of ether oxygens (including phenoxy) is 1. The number of amides is 2. The van der Waals surface area contributed by atoms with Crippen LogP contribution in [0, 0.1) is 11.6 Å². The van der Waals surface area contributed by atoms with E-state index < -0.39 is 17.5 Å². The van der Waals surface area contributed by atoms with E-state index in [1.165, 1.54) is 4.90 Å². The van der Waals surface area contributed by atoms with Crippen LogP contribution in [0.2, 0.25) is 0 Å². The lowest BCUT2D eigenvalue weighted by Crippen LogP contribution is -2.42. The van der Waals surface area contributed by atoms with Crippen molar-refractivity contribution < 1.29 is 23.1 Å². The first-order chi connectivity index (χ1) is 17.3. The Morgan fingerprint density at radius 1 is 1.00 bits per heavy atom. The lowest BCUT2D eigenvalue weighted by molar-refractivity contribution is 0.0492. The van der Waals surface area contributed by atoms with E-state index in [0.717, 1.165) is 55.1 Å². The number of likely N-dealkylation sites (tertiary alicyclic amines) is 2. The van der Waals surface area contributed by atoms with Crippen molar-refractivity contribution in [2.24, 2.45) is 0 Å². The van der Waals surface area contributed by atoms with Gasteiger partial charge < -0.3 is 14.5 Å². The van der Waals surface area contributed by atoms with Gasteiger partial charge in [-0.2, -0.15) is 5.10 Å². The average Bonchev–Trinajstić information content (AvgIpc) is 3.40. The van der Waals surface area contributed by atoms with Gasteiger partial charge in [0.2, 0.25) is 0 Å². The molecule has 2 aromatic heterocycles. The van der Waals surface area contributed by atoms with Gasteiger partial charge in [-0.15, -0.1) is 0 Å². The molecular weight excluding hydrogens is 468 g/mol. The number of fused-ring (bicyclic) bond motifs is 1. The number of piperidine rings is 1. The quantitative estimate of drug-likeness (QED) is 0.531. The van der Waals surface area contributed by atoms with E-state index in [1.54, 1.807) is 23.4 Å². The molecule has 10 heteroatoms. The molecule has 1 aromatic carbocycles. The van der Waals surface area contributed by atoms with Crippen LogP contribution in [0.15, 0.2) is 30.6 Å².